The van der Waals surface area contributed by atoms with Gasteiger partial charge in [0.05, 0.1) is 2.74 Å². The van der Waals surface area contributed by atoms with Gasteiger partial charge in [0.1, 0.15) is 6.56 Å². The maximum Gasteiger partial charge on any atom is 0.222 e. The Bertz CT molecular complexity index is 73.9. The van der Waals surface area contributed by atoms with Crippen LogP contribution in [0, 0.1) is 0 Å². The third kappa shape index (κ3) is 0.179. The molecule has 0 bridgehead atoms. The predicted molar refractivity (Wildman–Crippen MR) is 10.8 cm³/mol. The van der Waals surface area contributed by atoms with E-state index >= 15 is 0 Å². The molecule has 1 aliphatic heterocycles. The molecule has 24 valence electrons. The van der Waals surface area contributed by atoms with Crippen molar-refractivity contribution in [2.45, 2.75) is 6.36 Å². The summed E-state index contributed by atoms with van der Waals surface area (Å²) in [6, 6.07) is 0. The summed E-state index contributed by atoms with van der Waals surface area (Å²) in [4.78, 5) is 0. The van der Waals surface area contributed by atoms with E-state index < -0.39 is 12.9 Å². The van der Waals surface area contributed by atoms with Gasteiger partial charge in [0, 0.05) is 0 Å². The van der Waals surface area contributed by atoms with Crippen LogP contribution in [0.4, 0.5) is 4.39 Å². The molecular weight excluding hydrogens is 59.0 g/mol. The van der Waals surface area contributed by atoms with E-state index in [1.807, 2.05) is 0 Å². The Hall–Kier alpha value is -0.110. The number of alkyl halides is 1. The highest BCUT2D eigenvalue weighted by Crippen LogP contribution is 2.07. The normalized spacial score (nSPS) is 59.8. The second kappa shape index (κ2) is 0.432. The summed E-state index contributed by atoms with van der Waals surface area (Å²) in [6.07, 6.45) is -1.67. The highest BCUT2D eigenvalue weighted by Gasteiger charge is 2.19. The minimum Gasteiger partial charge on any atom is -0.341 e. The Kier molecular flexibility index (Phi) is 0.101. The van der Waals surface area contributed by atoms with Crippen LogP contribution in [0.25, 0.3) is 0 Å². The molecule has 0 amide bonds. The Morgan fingerprint density at radius 1 is 2.50 bits per heavy atom. The maximum atomic E-state index is 11.3. The van der Waals surface area contributed by atoms with E-state index in [2.05, 4.69) is 4.74 Å². The number of ether oxygens (including phenoxy) is 1. The molecule has 0 aromatic rings. The van der Waals surface area contributed by atoms with Gasteiger partial charge in [-0.1, -0.05) is 0 Å². The van der Waals surface area contributed by atoms with Gasteiger partial charge in [-0.05, 0) is 0 Å². The summed E-state index contributed by atoms with van der Waals surface area (Å²) in [6.45, 7) is -1.96. The molecule has 0 spiro atoms. The van der Waals surface area contributed by atoms with E-state index in [1.54, 1.807) is 0 Å². The van der Waals surface area contributed by atoms with Gasteiger partial charge < -0.3 is 4.74 Å². The van der Waals surface area contributed by atoms with Crippen LogP contribution in [0.5, 0.6) is 0 Å². The molecule has 2 heteroatoms. The molecule has 0 aromatic carbocycles. The standard InChI is InChI=1S/C2H3FO/c3-2-1-4-2/h2H,1H2/t2-/m0/s1/i1D2. The lowest BCUT2D eigenvalue weighted by molar-refractivity contribution is 0.271. The largest absolute Gasteiger partial charge is 0.341 e. The van der Waals surface area contributed by atoms with E-state index in [4.69, 9.17) is 2.74 Å². The minimum absolute atomic E-state index is 1.67. The number of epoxide rings is 1. The smallest absolute Gasteiger partial charge is 0.222 e. The first kappa shape index (κ1) is 0.937. The highest BCUT2D eigenvalue weighted by molar-refractivity contribution is 4.49. The summed E-state index contributed by atoms with van der Waals surface area (Å²) in [7, 11) is 0. The lowest BCUT2D eigenvalue weighted by Crippen LogP contribution is -1.55. The second-order valence-electron chi connectivity index (χ2n) is 0.552. The lowest BCUT2D eigenvalue weighted by atomic mass is 10.9. The van der Waals surface area contributed by atoms with Gasteiger partial charge in [0.2, 0.25) is 6.36 Å². The van der Waals surface area contributed by atoms with E-state index in [9.17, 15) is 4.39 Å². The zero-order valence-corrected chi connectivity index (χ0v) is 1.86. The summed E-state index contributed by atoms with van der Waals surface area (Å²) < 4.78 is 27.7. The molecule has 1 rings (SSSR count). The first-order valence-corrected chi connectivity index (χ1v) is 0.947. The maximum absolute atomic E-state index is 11.3. The fraction of sp³-hybridized carbons (Fsp3) is 1.00. The average Bonchev–Trinajstić information content (AvgIpc) is 1.73. The zero-order valence-electron chi connectivity index (χ0n) is 3.86. The molecule has 1 aliphatic rings. The van der Waals surface area contributed by atoms with Crippen LogP contribution < -0.4 is 0 Å². The van der Waals surface area contributed by atoms with Crippen molar-refractivity contribution in [3.05, 3.63) is 0 Å². The fourth-order valence-electron chi connectivity index (χ4n) is 0.0257. The molecule has 0 unspecified atom stereocenters. The Labute approximate surface area is 26.2 Å². The van der Waals surface area contributed by atoms with Crippen LogP contribution in [0.1, 0.15) is 2.74 Å². The van der Waals surface area contributed by atoms with E-state index in [0.29, 0.717) is 0 Å². The fourth-order valence-corrected chi connectivity index (χ4v) is 0.0257. The molecule has 0 aromatic heterocycles. The molecule has 0 aliphatic carbocycles. The first-order valence-electron chi connectivity index (χ1n) is 1.95. The average molecular weight is 64.1 g/mol. The van der Waals surface area contributed by atoms with Crippen LogP contribution in [0.2, 0.25) is 0 Å². The zero-order chi connectivity index (χ0) is 4.78. The molecule has 1 nitrogen and oxygen atoms in total. The van der Waals surface area contributed by atoms with Crippen molar-refractivity contribution < 1.29 is 11.9 Å². The summed E-state index contributed by atoms with van der Waals surface area (Å²) in [5, 5.41) is 0. The third-order valence-corrected chi connectivity index (χ3v) is 0.207. The van der Waals surface area contributed by atoms with Crippen molar-refractivity contribution in [1.29, 1.82) is 0 Å². The van der Waals surface area contributed by atoms with Gasteiger partial charge in [0.15, 0.2) is 0 Å². The number of hydrogen-bond donors (Lipinski definition) is 0. The molecule has 1 saturated heterocycles. The van der Waals surface area contributed by atoms with E-state index in [0.717, 1.165) is 0 Å². The molecule has 1 atom stereocenters. The highest BCUT2D eigenvalue weighted by atomic mass is 19.2. The van der Waals surface area contributed by atoms with Gasteiger partial charge in [-0.15, -0.1) is 0 Å². The van der Waals surface area contributed by atoms with Gasteiger partial charge in [-0.3, -0.25) is 0 Å². The Morgan fingerprint density at radius 3 is 2.75 bits per heavy atom. The third-order valence-electron chi connectivity index (χ3n) is 0.207. The van der Waals surface area contributed by atoms with Crippen molar-refractivity contribution in [2.24, 2.45) is 0 Å². The van der Waals surface area contributed by atoms with Crippen LogP contribution >= 0.6 is 0 Å². The van der Waals surface area contributed by atoms with Crippen LogP contribution in [0.3, 0.4) is 0 Å². The van der Waals surface area contributed by atoms with E-state index in [1.165, 1.54) is 0 Å². The number of hydrogen-bond acceptors (Lipinski definition) is 1. The molecule has 0 N–H and O–H groups in total. The summed E-state index contributed by atoms with van der Waals surface area (Å²) in [5.74, 6) is 0. The molecular formula is C2H3FO. The monoisotopic (exact) mass is 64.0 g/mol. The predicted octanol–water partition coefficient (Wildman–Crippen LogP) is 0.312. The van der Waals surface area contributed by atoms with Crippen molar-refractivity contribution in [1.82, 2.24) is 0 Å². The first-order chi connectivity index (χ1) is 2.63. The topological polar surface area (TPSA) is 12.5 Å². The van der Waals surface area contributed by atoms with Gasteiger partial charge >= 0.3 is 0 Å². The SMILES string of the molecule is [2H]C1([2H])O[C@@H]1F. The lowest BCUT2D eigenvalue weighted by Gasteiger charge is -1.47. The van der Waals surface area contributed by atoms with Crippen LogP contribution in [-0.2, 0) is 4.74 Å². The van der Waals surface area contributed by atoms with Crippen LogP contribution in [-0.4, -0.2) is 12.9 Å². The van der Waals surface area contributed by atoms with Crippen molar-refractivity contribution in [3.8, 4) is 0 Å². The van der Waals surface area contributed by atoms with Crippen molar-refractivity contribution in [2.75, 3.05) is 6.56 Å². The second-order valence-corrected chi connectivity index (χ2v) is 0.552. The molecule has 0 radical (unpaired) electrons. The summed E-state index contributed by atoms with van der Waals surface area (Å²) >= 11 is 0. The van der Waals surface area contributed by atoms with Crippen molar-refractivity contribution in [3.63, 3.8) is 0 Å². The molecule has 1 heterocycles. The van der Waals surface area contributed by atoms with Gasteiger partial charge in [0.25, 0.3) is 0 Å². The molecule has 4 heavy (non-hydrogen) atoms. The quantitative estimate of drug-likeness (QED) is 0.369. The number of halogens is 1. The van der Waals surface area contributed by atoms with Gasteiger partial charge in [-0.2, -0.15) is 0 Å². The van der Waals surface area contributed by atoms with Gasteiger partial charge in [-0.25, -0.2) is 4.39 Å². The minimum atomic E-state index is -1.96. The summed E-state index contributed by atoms with van der Waals surface area (Å²) in [5.41, 5.74) is 0. The Balaban J connectivity index is 2.41. The van der Waals surface area contributed by atoms with Crippen LogP contribution in [0.15, 0.2) is 0 Å². The van der Waals surface area contributed by atoms with E-state index in [-0.39, 0.29) is 0 Å². The number of rotatable bonds is 0. The molecule has 1 fully saturated rings. The molecule has 0 saturated carbocycles. The Morgan fingerprint density at radius 2 is 2.75 bits per heavy atom. The van der Waals surface area contributed by atoms with Crippen molar-refractivity contribution >= 4 is 0 Å².